The summed E-state index contributed by atoms with van der Waals surface area (Å²) in [5.74, 6) is -0.174. The van der Waals surface area contributed by atoms with Crippen molar-refractivity contribution in [2.45, 2.75) is 192 Å². The fourth-order valence-corrected chi connectivity index (χ4v) is 6.35. The predicted molar refractivity (Wildman–Crippen MR) is 239 cm³/mol. The summed E-state index contributed by atoms with van der Waals surface area (Å²) in [6, 6.07) is -0.729. The van der Waals surface area contributed by atoms with Gasteiger partial charge in [-0.1, -0.05) is 162 Å². The molecule has 1 heterocycles. The number of hydrogen-bond donors (Lipinski definition) is 6. The minimum atomic E-state index is -1.56. The number of rotatable bonds is 35. The molecule has 1 aliphatic heterocycles. The van der Waals surface area contributed by atoms with E-state index in [1.54, 1.807) is 0 Å². The van der Waals surface area contributed by atoms with Gasteiger partial charge in [0.15, 0.2) is 6.29 Å². The Labute approximate surface area is 352 Å². The van der Waals surface area contributed by atoms with Crippen molar-refractivity contribution in [2.24, 2.45) is 0 Å². The van der Waals surface area contributed by atoms with Crippen LogP contribution in [0.4, 0.5) is 0 Å². The van der Waals surface area contributed by atoms with Crippen LogP contribution in [0.25, 0.3) is 0 Å². The van der Waals surface area contributed by atoms with Crippen LogP contribution < -0.4 is 5.32 Å². The Hall–Kier alpha value is -2.89. The third kappa shape index (κ3) is 28.5. The number of carbonyl (C=O) groups is 1. The minimum absolute atomic E-state index is 0.154. The third-order valence-corrected chi connectivity index (χ3v) is 9.95. The lowest BCUT2D eigenvalue weighted by molar-refractivity contribution is -0.302. The van der Waals surface area contributed by atoms with Gasteiger partial charge in [0, 0.05) is 6.42 Å². The zero-order valence-electron chi connectivity index (χ0n) is 36.0. The molecule has 58 heavy (non-hydrogen) atoms. The van der Waals surface area contributed by atoms with Crippen LogP contribution in [0.2, 0.25) is 0 Å². The molecular weight excluding hydrogens is 731 g/mol. The van der Waals surface area contributed by atoms with Crippen molar-refractivity contribution in [3.05, 3.63) is 97.2 Å². The van der Waals surface area contributed by atoms with Crippen molar-refractivity contribution in [1.82, 2.24) is 5.32 Å². The second-order valence-electron chi connectivity index (χ2n) is 15.1. The quantitative estimate of drug-likeness (QED) is 0.0274. The first-order chi connectivity index (χ1) is 28.3. The Kier molecular flexibility index (Phi) is 35.1. The number of unbranched alkanes of at least 4 members (excludes halogenated alkanes) is 9. The Morgan fingerprint density at radius 2 is 1.07 bits per heavy atom. The maximum atomic E-state index is 12.8. The molecule has 0 aromatic rings. The highest BCUT2D eigenvalue weighted by atomic mass is 16.7. The summed E-state index contributed by atoms with van der Waals surface area (Å²) < 4.78 is 11.1. The number of carbonyl (C=O) groups excluding carboxylic acids is 1. The van der Waals surface area contributed by atoms with Gasteiger partial charge in [-0.05, 0) is 77.0 Å². The van der Waals surface area contributed by atoms with Crippen LogP contribution in [0.3, 0.4) is 0 Å². The van der Waals surface area contributed by atoms with Crippen LogP contribution in [0.15, 0.2) is 97.2 Å². The van der Waals surface area contributed by atoms with Gasteiger partial charge in [0.25, 0.3) is 0 Å². The highest BCUT2D eigenvalue weighted by Crippen LogP contribution is 2.23. The number of aliphatic hydroxyl groups is 5. The lowest BCUT2D eigenvalue weighted by Gasteiger charge is -2.40. The molecule has 9 nitrogen and oxygen atoms in total. The van der Waals surface area contributed by atoms with Crippen LogP contribution in [0.5, 0.6) is 0 Å². The standard InChI is InChI=1S/C49H81NO8/c1-3-5-7-9-10-11-12-13-14-15-16-17-18-19-20-21-22-23-24-25-26-27-28-29-30-31-32-33-34-35-37-39-45(53)50-42(43(52)38-36-8-6-4-2)41-57-49-48(56)47(55)46(54)44(40-51)58-49/h5,7,10-11,13-14,16-17,19-20,22-23,25-26,28-29,42-44,46-49,51-52,54-56H,3-4,6,8-9,12,15,18,21,24,27,30-41H2,1-2H3,(H,50,53)/b7-5-,11-10-,14-13-,17-16-,20-19-,23-22-,26-25-,29-28-. The fraction of sp³-hybridized carbons (Fsp3) is 0.653. The van der Waals surface area contributed by atoms with Gasteiger partial charge in [-0.25, -0.2) is 0 Å². The normalized spacial score (nSPS) is 21.8. The molecule has 1 rings (SSSR count). The maximum absolute atomic E-state index is 12.8. The van der Waals surface area contributed by atoms with E-state index in [1.807, 2.05) is 0 Å². The van der Waals surface area contributed by atoms with E-state index in [1.165, 1.54) is 0 Å². The largest absolute Gasteiger partial charge is 0.394 e. The van der Waals surface area contributed by atoms with Gasteiger partial charge in [0.2, 0.25) is 5.91 Å². The lowest BCUT2D eigenvalue weighted by atomic mass is 9.99. The molecule has 0 saturated carbocycles. The fourth-order valence-electron chi connectivity index (χ4n) is 6.35. The topological polar surface area (TPSA) is 149 Å². The molecule has 9 heteroatoms. The van der Waals surface area contributed by atoms with Crippen molar-refractivity contribution in [1.29, 1.82) is 0 Å². The average Bonchev–Trinajstić information content (AvgIpc) is 3.22. The summed E-state index contributed by atoms with van der Waals surface area (Å²) in [7, 11) is 0. The van der Waals surface area contributed by atoms with Crippen molar-refractivity contribution in [3.8, 4) is 0 Å². The number of nitrogens with one attached hydrogen (secondary N) is 1. The van der Waals surface area contributed by atoms with E-state index in [2.05, 4.69) is 116 Å². The Bertz CT molecular complexity index is 1220. The molecular formula is C49H81NO8. The van der Waals surface area contributed by atoms with Crippen molar-refractivity contribution < 1.29 is 39.8 Å². The van der Waals surface area contributed by atoms with Gasteiger partial charge in [0.1, 0.15) is 24.4 Å². The van der Waals surface area contributed by atoms with Crippen molar-refractivity contribution >= 4 is 5.91 Å². The molecule has 1 amide bonds. The SMILES string of the molecule is CC/C=C\C/C=C\C/C=C\C/C=C\C/C=C\C/C=C\C/C=C\C/C=C\CCCCCCCCC(=O)NC(COC1OC(CO)C(O)C(O)C1O)C(O)CCCCCC. The first-order valence-corrected chi connectivity index (χ1v) is 22.4. The van der Waals surface area contributed by atoms with Crippen molar-refractivity contribution in [3.63, 3.8) is 0 Å². The third-order valence-electron chi connectivity index (χ3n) is 9.95. The van der Waals surface area contributed by atoms with E-state index in [-0.39, 0.29) is 12.5 Å². The van der Waals surface area contributed by atoms with Gasteiger partial charge in [0.05, 0.1) is 25.4 Å². The highest BCUT2D eigenvalue weighted by molar-refractivity contribution is 5.76. The van der Waals surface area contributed by atoms with Crippen LogP contribution in [-0.4, -0.2) is 87.5 Å². The summed E-state index contributed by atoms with van der Waals surface area (Å²) in [4.78, 5) is 12.8. The molecule has 0 radical (unpaired) electrons. The molecule has 330 valence electrons. The molecule has 7 atom stereocenters. The number of amides is 1. The summed E-state index contributed by atoms with van der Waals surface area (Å²) in [6.07, 6.45) is 47.7. The molecule has 7 unspecified atom stereocenters. The van der Waals surface area contributed by atoms with Gasteiger partial charge < -0.3 is 40.3 Å². The highest BCUT2D eigenvalue weighted by Gasteiger charge is 2.44. The molecule has 0 spiro atoms. The van der Waals surface area contributed by atoms with Gasteiger partial charge >= 0.3 is 0 Å². The van der Waals surface area contributed by atoms with Crippen LogP contribution in [0, 0.1) is 0 Å². The van der Waals surface area contributed by atoms with Gasteiger partial charge in [-0.15, -0.1) is 0 Å². The zero-order chi connectivity index (χ0) is 42.3. The molecule has 0 aliphatic carbocycles. The Morgan fingerprint density at radius 1 is 0.603 bits per heavy atom. The predicted octanol–water partition coefficient (Wildman–Crippen LogP) is 9.33. The van der Waals surface area contributed by atoms with E-state index in [0.29, 0.717) is 12.8 Å². The van der Waals surface area contributed by atoms with Gasteiger partial charge in [-0.3, -0.25) is 4.79 Å². The van der Waals surface area contributed by atoms with E-state index >= 15 is 0 Å². The van der Waals surface area contributed by atoms with Crippen LogP contribution in [0.1, 0.15) is 149 Å². The summed E-state index contributed by atoms with van der Waals surface area (Å²) in [5, 5.41) is 53.7. The first-order valence-electron chi connectivity index (χ1n) is 22.4. The second-order valence-corrected chi connectivity index (χ2v) is 15.1. The average molecular weight is 812 g/mol. The van der Waals surface area contributed by atoms with Crippen LogP contribution >= 0.6 is 0 Å². The Morgan fingerprint density at radius 3 is 1.57 bits per heavy atom. The van der Waals surface area contributed by atoms with E-state index in [0.717, 1.165) is 122 Å². The molecule has 0 aromatic heterocycles. The molecule has 1 saturated heterocycles. The summed E-state index contributed by atoms with van der Waals surface area (Å²) in [6.45, 7) is 3.55. The van der Waals surface area contributed by atoms with E-state index in [4.69, 9.17) is 9.47 Å². The molecule has 6 N–H and O–H groups in total. The summed E-state index contributed by atoms with van der Waals surface area (Å²) in [5.41, 5.74) is 0. The zero-order valence-corrected chi connectivity index (χ0v) is 36.0. The number of ether oxygens (including phenoxy) is 2. The Balaban J connectivity index is 2.14. The number of aliphatic hydroxyl groups excluding tert-OH is 5. The van der Waals surface area contributed by atoms with E-state index in [9.17, 15) is 30.3 Å². The first kappa shape index (κ1) is 53.1. The van der Waals surface area contributed by atoms with Gasteiger partial charge in [-0.2, -0.15) is 0 Å². The lowest BCUT2D eigenvalue weighted by Crippen LogP contribution is -2.60. The smallest absolute Gasteiger partial charge is 0.220 e. The minimum Gasteiger partial charge on any atom is -0.394 e. The van der Waals surface area contributed by atoms with Crippen LogP contribution in [-0.2, 0) is 14.3 Å². The van der Waals surface area contributed by atoms with Crippen molar-refractivity contribution in [2.75, 3.05) is 13.2 Å². The molecule has 1 aliphatic rings. The number of hydrogen-bond acceptors (Lipinski definition) is 8. The maximum Gasteiger partial charge on any atom is 0.220 e. The molecule has 1 fully saturated rings. The monoisotopic (exact) mass is 812 g/mol. The second kappa shape index (κ2) is 38.3. The summed E-state index contributed by atoms with van der Waals surface area (Å²) >= 11 is 0. The number of allylic oxidation sites excluding steroid dienone is 16. The molecule has 0 bridgehead atoms. The molecule has 0 aromatic carbocycles. The van der Waals surface area contributed by atoms with E-state index < -0.39 is 49.5 Å².